The molecule has 0 aliphatic carbocycles. The van der Waals surface area contributed by atoms with Crippen molar-refractivity contribution in [1.82, 2.24) is 0 Å². The highest BCUT2D eigenvalue weighted by Crippen LogP contribution is 2.45. The van der Waals surface area contributed by atoms with E-state index in [4.69, 9.17) is 37.0 Å². The van der Waals surface area contributed by atoms with E-state index >= 15 is 0 Å². The van der Waals surface area contributed by atoms with E-state index in [-0.39, 0.29) is 25.7 Å². The molecular formula is C72H136O17P2. The molecule has 0 heterocycles. The molecular weight excluding hydrogens is 1200 g/mol. The van der Waals surface area contributed by atoms with E-state index in [1.807, 2.05) is 0 Å². The van der Waals surface area contributed by atoms with E-state index < -0.39 is 97.5 Å². The zero-order valence-corrected chi connectivity index (χ0v) is 60.6. The molecule has 0 aromatic heterocycles. The van der Waals surface area contributed by atoms with Crippen LogP contribution in [0.15, 0.2) is 24.3 Å². The minimum atomic E-state index is -4.96. The summed E-state index contributed by atoms with van der Waals surface area (Å²) in [6.07, 6.45) is 49.7. The highest BCUT2D eigenvalue weighted by Gasteiger charge is 2.30. The molecule has 0 amide bonds. The van der Waals surface area contributed by atoms with Crippen molar-refractivity contribution in [1.29, 1.82) is 0 Å². The molecule has 19 heteroatoms. The molecule has 0 saturated carbocycles. The Hall–Kier alpha value is -2.46. The summed E-state index contributed by atoms with van der Waals surface area (Å²) in [6, 6.07) is 0. The number of phosphoric acid groups is 2. The second-order valence-electron chi connectivity index (χ2n) is 26.7. The van der Waals surface area contributed by atoms with Crippen LogP contribution in [0.4, 0.5) is 0 Å². The molecule has 0 saturated heterocycles. The summed E-state index contributed by atoms with van der Waals surface area (Å²) in [5, 5.41) is 10.6. The van der Waals surface area contributed by atoms with Crippen LogP contribution in [0.3, 0.4) is 0 Å². The maximum absolute atomic E-state index is 13.0. The van der Waals surface area contributed by atoms with Gasteiger partial charge in [0.05, 0.1) is 26.4 Å². The van der Waals surface area contributed by atoms with Gasteiger partial charge in [-0.05, 0) is 69.1 Å². The van der Waals surface area contributed by atoms with E-state index in [1.165, 1.54) is 122 Å². The molecule has 0 aromatic rings. The van der Waals surface area contributed by atoms with E-state index in [0.717, 1.165) is 121 Å². The number of esters is 4. The van der Waals surface area contributed by atoms with Gasteiger partial charge < -0.3 is 33.8 Å². The van der Waals surface area contributed by atoms with Gasteiger partial charge in [0.1, 0.15) is 19.3 Å². The Balaban J connectivity index is 5.25. The van der Waals surface area contributed by atoms with Gasteiger partial charge in [0.2, 0.25) is 0 Å². The molecule has 0 aliphatic rings. The van der Waals surface area contributed by atoms with Gasteiger partial charge >= 0.3 is 39.5 Å². The Bertz CT molecular complexity index is 1880. The van der Waals surface area contributed by atoms with Crippen molar-refractivity contribution in [2.75, 3.05) is 39.6 Å². The second-order valence-corrected chi connectivity index (χ2v) is 29.6. The molecule has 0 radical (unpaired) electrons. The van der Waals surface area contributed by atoms with E-state index in [0.29, 0.717) is 37.5 Å². The average molecular weight is 1340 g/mol. The topological polar surface area (TPSA) is 237 Å². The van der Waals surface area contributed by atoms with Crippen LogP contribution in [0.1, 0.15) is 337 Å². The second kappa shape index (κ2) is 62.4. The summed E-state index contributed by atoms with van der Waals surface area (Å²) in [7, 11) is -9.92. The smallest absolute Gasteiger partial charge is 0.462 e. The zero-order chi connectivity index (χ0) is 67.3. The van der Waals surface area contributed by atoms with Crippen molar-refractivity contribution in [2.45, 2.75) is 356 Å². The first-order chi connectivity index (χ1) is 43.7. The molecule has 0 aliphatic heterocycles. The van der Waals surface area contributed by atoms with Gasteiger partial charge in [0, 0.05) is 25.7 Å². The van der Waals surface area contributed by atoms with Crippen LogP contribution >= 0.6 is 15.6 Å². The minimum absolute atomic E-state index is 0.0835. The lowest BCUT2D eigenvalue weighted by Gasteiger charge is -2.21. The number of unbranched alkanes of at least 4 members (excludes halogenated alkanes) is 33. The quantitative estimate of drug-likeness (QED) is 0.0169. The monoisotopic (exact) mass is 1330 g/mol. The van der Waals surface area contributed by atoms with Gasteiger partial charge in [-0.1, -0.05) is 285 Å². The molecule has 0 fully saturated rings. The van der Waals surface area contributed by atoms with Gasteiger partial charge in [-0.15, -0.1) is 0 Å². The molecule has 5 atom stereocenters. The third-order valence-electron chi connectivity index (χ3n) is 16.0. The Morgan fingerprint density at radius 1 is 0.341 bits per heavy atom. The van der Waals surface area contributed by atoms with Crippen LogP contribution in [-0.4, -0.2) is 96.7 Å². The fraction of sp³-hybridized carbons (Fsp3) is 0.889. The largest absolute Gasteiger partial charge is 0.472 e. The van der Waals surface area contributed by atoms with Crippen LogP contribution in [0.25, 0.3) is 0 Å². The SMILES string of the molecule is CCCCCC/C=C\C=C/CCCCCCCC(=O)O[C@H](COC(=O)CCCCCCCCC(C)C)COP(=O)(O)OC[C@H](O)COP(=O)(O)OC[C@@H](COC(=O)CCCCCCCCCC(C)C)OC(=O)CCCCCCCCCCCCCCCCC(C)C. The fourth-order valence-electron chi connectivity index (χ4n) is 10.4. The summed E-state index contributed by atoms with van der Waals surface area (Å²) < 4.78 is 68.2. The standard InChI is InChI=1S/C72H136O17P2/c1-8-9-10-11-12-13-14-15-16-20-23-26-31-41-48-56-72(77)89-68(60-83-70(75)54-47-40-35-34-38-45-52-65(6)7)62-87-91(80,81)85-58-66(73)57-84-90(78,79)86-61-67(59-82-69(74)53-46-39-33-28-30-37-44-51-64(4)5)88-71(76)55-49-42-32-27-24-21-18-17-19-22-25-29-36-43-50-63(2)3/h13-16,63-68,73H,8-12,17-62H2,1-7H3,(H,78,79)(H,80,81)/b14-13-,16-15-/t66-,67-,68-/m1/s1. The van der Waals surface area contributed by atoms with Gasteiger partial charge in [-0.25, -0.2) is 9.13 Å². The number of aliphatic hydroxyl groups is 1. The Labute approximate surface area is 554 Å². The van der Waals surface area contributed by atoms with Crippen LogP contribution in [-0.2, 0) is 65.4 Å². The first-order valence-corrected chi connectivity index (χ1v) is 39.7. The van der Waals surface area contributed by atoms with Gasteiger partial charge in [-0.3, -0.25) is 37.3 Å². The molecule has 0 aromatic carbocycles. The number of carbonyl (C=O) groups is 4. The molecule has 536 valence electrons. The van der Waals surface area contributed by atoms with Crippen molar-refractivity contribution in [3.8, 4) is 0 Å². The average Bonchev–Trinajstić information content (AvgIpc) is 3.58. The molecule has 17 nitrogen and oxygen atoms in total. The van der Waals surface area contributed by atoms with Crippen molar-refractivity contribution in [2.24, 2.45) is 17.8 Å². The number of carbonyl (C=O) groups excluding carboxylic acids is 4. The normalized spacial score (nSPS) is 14.3. The maximum Gasteiger partial charge on any atom is 0.472 e. The van der Waals surface area contributed by atoms with Crippen molar-refractivity contribution < 1.29 is 80.2 Å². The third kappa shape index (κ3) is 66.0. The zero-order valence-electron chi connectivity index (χ0n) is 58.8. The molecule has 0 rings (SSSR count). The molecule has 0 bridgehead atoms. The van der Waals surface area contributed by atoms with Gasteiger partial charge in [0.15, 0.2) is 12.2 Å². The molecule has 2 unspecified atom stereocenters. The lowest BCUT2D eigenvalue weighted by Crippen LogP contribution is -2.30. The predicted molar refractivity (Wildman–Crippen MR) is 367 cm³/mol. The summed E-state index contributed by atoms with van der Waals surface area (Å²) in [6.45, 7) is 11.7. The highest BCUT2D eigenvalue weighted by molar-refractivity contribution is 7.47. The number of aliphatic hydroxyl groups excluding tert-OH is 1. The number of allylic oxidation sites excluding steroid dienone is 4. The first kappa shape index (κ1) is 88.5. The van der Waals surface area contributed by atoms with E-state index in [2.05, 4.69) is 72.8 Å². The fourth-order valence-corrected chi connectivity index (χ4v) is 11.9. The lowest BCUT2D eigenvalue weighted by molar-refractivity contribution is -0.161. The predicted octanol–water partition coefficient (Wildman–Crippen LogP) is 20.2. The van der Waals surface area contributed by atoms with Crippen molar-refractivity contribution in [3.05, 3.63) is 24.3 Å². The number of ether oxygens (including phenoxy) is 4. The Kier molecular flexibility index (Phi) is 60.7. The minimum Gasteiger partial charge on any atom is -0.462 e. The Morgan fingerprint density at radius 3 is 0.890 bits per heavy atom. The molecule has 3 N–H and O–H groups in total. The summed E-state index contributed by atoms with van der Waals surface area (Å²) in [5.41, 5.74) is 0. The summed E-state index contributed by atoms with van der Waals surface area (Å²) >= 11 is 0. The number of hydrogen-bond donors (Lipinski definition) is 3. The summed E-state index contributed by atoms with van der Waals surface area (Å²) in [5.74, 6) is 0.0154. The first-order valence-electron chi connectivity index (χ1n) is 36.7. The number of hydrogen-bond acceptors (Lipinski definition) is 15. The lowest BCUT2D eigenvalue weighted by atomic mass is 10.0. The van der Waals surface area contributed by atoms with Crippen LogP contribution in [0.5, 0.6) is 0 Å². The highest BCUT2D eigenvalue weighted by atomic mass is 31.2. The third-order valence-corrected chi connectivity index (χ3v) is 17.9. The number of rotatable bonds is 68. The van der Waals surface area contributed by atoms with Gasteiger partial charge in [0.25, 0.3) is 0 Å². The maximum atomic E-state index is 13.0. The van der Waals surface area contributed by atoms with E-state index in [9.17, 15) is 43.2 Å². The van der Waals surface area contributed by atoms with Crippen LogP contribution in [0, 0.1) is 17.8 Å². The van der Waals surface area contributed by atoms with Crippen molar-refractivity contribution >= 4 is 39.5 Å². The van der Waals surface area contributed by atoms with Crippen LogP contribution < -0.4 is 0 Å². The Morgan fingerprint density at radius 2 is 0.593 bits per heavy atom. The summed E-state index contributed by atoms with van der Waals surface area (Å²) in [4.78, 5) is 72.5. The molecule has 0 spiro atoms. The van der Waals surface area contributed by atoms with Gasteiger partial charge in [-0.2, -0.15) is 0 Å². The number of phosphoric ester groups is 2. The van der Waals surface area contributed by atoms with Crippen LogP contribution in [0.2, 0.25) is 0 Å². The van der Waals surface area contributed by atoms with E-state index in [1.54, 1.807) is 0 Å². The molecule has 91 heavy (non-hydrogen) atoms. The van der Waals surface area contributed by atoms with Crippen molar-refractivity contribution in [3.63, 3.8) is 0 Å².